The molecule has 1 atom stereocenters. The number of nitrogens with one attached hydrogen (secondary N) is 1. The van der Waals surface area contributed by atoms with Gasteiger partial charge in [0.1, 0.15) is 11.3 Å². The number of ether oxygens (including phenoxy) is 1. The number of non-ortho nitro benzene ring substituents is 1. The second-order valence-corrected chi connectivity index (χ2v) is 6.10. The van der Waals surface area contributed by atoms with E-state index in [4.69, 9.17) is 4.74 Å². The van der Waals surface area contributed by atoms with Gasteiger partial charge in [-0.05, 0) is 30.2 Å². The van der Waals surface area contributed by atoms with Gasteiger partial charge in [0, 0.05) is 12.1 Å². The third kappa shape index (κ3) is 2.97. The first-order valence-corrected chi connectivity index (χ1v) is 7.87. The highest BCUT2D eigenvalue weighted by molar-refractivity contribution is 6.07. The molecule has 0 aliphatic carbocycles. The summed E-state index contributed by atoms with van der Waals surface area (Å²) in [5, 5.41) is 13.4. The lowest BCUT2D eigenvalue weighted by Crippen LogP contribution is -2.40. The second kappa shape index (κ2) is 6.47. The van der Waals surface area contributed by atoms with Gasteiger partial charge in [-0.25, -0.2) is 4.79 Å². The number of carbonyl (C=O) groups excluding carboxylic acids is 2. The number of benzene rings is 2. The Labute approximate surface area is 149 Å². The number of rotatable bonds is 5. The summed E-state index contributed by atoms with van der Waals surface area (Å²) in [6, 6.07) is 12.2. The van der Waals surface area contributed by atoms with Crippen molar-refractivity contribution >= 4 is 17.6 Å². The molecule has 134 valence electrons. The van der Waals surface area contributed by atoms with Gasteiger partial charge in [-0.15, -0.1) is 0 Å². The van der Waals surface area contributed by atoms with E-state index in [2.05, 4.69) is 5.32 Å². The maximum Gasteiger partial charge on any atom is 0.325 e. The minimum Gasteiger partial charge on any atom is -0.497 e. The average Bonchev–Trinajstić information content (AvgIpc) is 2.86. The Morgan fingerprint density at radius 3 is 2.50 bits per heavy atom. The summed E-state index contributed by atoms with van der Waals surface area (Å²) in [6.07, 6.45) is 0. The number of nitro benzene ring substituents is 1. The van der Waals surface area contributed by atoms with E-state index in [1.165, 1.54) is 31.4 Å². The van der Waals surface area contributed by atoms with Crippen LogP contribution in [0.1, 0.15) is 18.1 Å². The molecule has 8 nitrogen and oxygen atoms in total. The van der Waals surface area contributed by atoms with Crippen molar-refractivity contribution in [3.05, 3.63) is 69.8 Å². The van der Waals surface area contributed by atoms with E-state index < -0.39 is 22.4 Å². The van der Waals surface area contributed by atoms with Gasteiger partial charge in [0.15, 0.2) is 0 Å². The van der Waals surface area contributed by atoms with Crippen LogP contribution in [-0.4, -0.2) is 28.9 Å². The standard InChI is InChI=1S/C18H17N3O5/c1-18(13-4-3-5-15(10-13)26-2)16(22)20(17(23)19-18)11-12-6-8-14(9-7-12)21(24)25/h3-10H,11H2,1-2H3,(H,19,23)/t18-/m0/s1. The maximum atomic E-state index is 12.9. The first-order valence-electron chi connectivity index (χ1n) is 7.87. The van der Waals surface area contributed by atoms with Crippen LogP contribution in [0.3, 0.4) is 0 Å². The van der Waals surface area contributed by atoms with E-state index in [1.54, 1.807) is 31.2 Å². The molecular weight excluding hydrogens is 338 g/mol. The largest absolute Gasteiger partial charge is 0.497 e. The van der Waals surface area contributed by atoms with Crippen LogP contribution in [0.2, 0.25) is 0 Å². The van der Waals surface area contributed by atoms with Crippen LogP contribution in [0.4, 0.5) is 10.5 Å². The van der Waals surface area contributed by atoms with Crippen molar-refractivity contribution in [3.8, 4) is 5.75 Å². The predicted octanol–water partition coefficient (Wildman–Crippen LogP) is 2.57. The molecule has 26 heavy (non-hydrogen) atoms. The minimum atomic E-state index is -1.20. The molecule has 1 aliphatic rings. The molecule has 0 radical (unpaired) electrons. The summed E-state index contributed by atoms with van der Waals surface area (Å²) < 4.78 is 5.18. The Kier molecular flexibility index (Phi) is 4.33. The third-order valence-electron chi connectivity index (χ3n) is 4.41. The van der Waals surface area contributed by atoms with Crippen molar-refractivity contribution in [2.45, 2.75) is 19.0 Å². The molecule has 0 unspecified atom stereocenters. The number of nitro groups is 1. The van der Waals surface area contributed by atoms with Crippen LogP contribution in [-0.2, 0) is 16.9 Å². The molecule has 1 aliphatic heterocycles. The van der Waals surface area contributed by atoms with Gasteiger partial charge in [0.2, 0.25) is 0 Å². The summed E-state index contributed by atoms with van der Waals surface area (Å²) in [6.45, 7) is 1.67. The van der Waals surface area contributed by atoms with Gasteiger partial charge in [-0.3, -0.25) is 19.8 Å². The quantitative estimate of drug-likeness (QED) is 0.504. The number of amides is 3. The number of imide groups is 1. The molecule has 2 aromatic rings. The lowest BCUT2D eigenvalue weighted by molar-refractivity contribution is -0.384. The Bertz CT molecular complexity index is 881. The van der Waals surface area contributed by atoms with Crippen LogP contribution in [0.25, 0.3) is 0 Å². The second-order valence-electron chi connectivity index (χ2n) is 6.10. The summed E-state index contributed by atoms with van der Waals surface area (Å²) in [5.74, 6) is 0.189. The highest BCUT2D eigenvalue weighted by Gasteiger charge is 2.49. The molecule has 1 N–H and O–H groups in total. The molecule has 0 spiro atoms. The zero-order valence-electron chi connectivity index (χ0n) is 14.3. The highest BCUT2D eigenvalue weighted by Crippen LogP contribution is 2.31. The van der Waals surface area contributed by atoms with E-state index in [-0.39, 0.29) is 12.2 Å². The van der Waals surface area contributed by atoms with E-state index in [0.29, 0.717) is 16.9 Å². The monoisotopic (exact) mass is 355 g/mol. The molecule has 3 rings (SSSR count). The van der Waals surface area contributed by atoms with Gasteiger partial charge in [-0.1, -0.05) is 24.3 Å². The topological polar surface area (TPSA) is 102 Å². The van der Waals surface area contributed by atoms with Gasteiger partial charge in [0.25, 0.3) is 11.6 Å². The molecular formula is C18H17N3O5. The zero-order valence-corrected chi connectivity index (χ0v) is 14.3. The van der Waals surface area contributed by atoms with E-state index in [1.807, 2.05) is 0 Å². The number of methoxy groups -OCH3 is 1. The number of hydrogen-bond acceptors (Lipinski definition) is 5. The average molecular weight is 355 g/mol. The summed E-state index contributed by atoms with van der Waals surface area (Å²) in [4.78, 5) is 36.6. The van der Waals surface area contributed by atoms with Crippen LogP contribution in [0.15, 0.2) is 48.5 Å². The van der Waals surface area contributed by atoms with Gasteiger partial charge in [-0.2, -0.15) is 0 Å². The third-order valence-corrected chi connectivity index (χ3v) is 4.41. The van der Waals surface area contributed by atoms with Crippen molar-refractivity contribution in [2.75, 3.05) is 7.11 Å². The number of hydrogen-bond donors (Lipinski definition) is 1. The minimum absolute atomic E-state index is 0.0300. The number of urea groups is 1. The molecule has 1 heterocycles. The molecule has 3 amide bonds. The fraction of sp³-hybridized carbons (Fsp3) is 0.222. The first kappa shape index (κ1) is 17.4. The zero-order chi connectivity index (χ0) is 18.9. The van der Waals surface area contributed by atoms with Gasteiger partial charge in [0.05, 0.1) is 18.6 Å². The van der Waals surface area contributed by atoms with Crippen molar-refractivity contribution in [3.63, 3.8) is 0 Å². The molecule has 0 bridgehead atoms. The molecule has 2 aromatic carbocycles. The lowest BCUT2D eigenvalue weighted by Gasteiger charge is -2.22. The fourth-order valence-corrected chi connectivity index (χ4v) is 2.88. The number of nitrogens with zero attached hydrogens (tertiary/aromatic N) is 2. The van der Waals surface area contributed by atoms with Crippen LogP contribution >= 0.6 is 0 Å². The highest BCUT2D eigenvalue weighted by atomic mass is 16.6. The Hall–Kier alpha value is -3.42. The number of carbonyl (C=O) groups is 2. The van der Waals surface area contributed by atoms with Crippen LogP contribution in [0, 0.1) is 10.1 Å². The van der Waals surface area contributed by atoms with Crippen molar-refractivity contribution in [1.82, 2.24) is 10.2 Å². The van der Waals surface area contributed by atoms with Crippen molar-refractivity contribution in [2.24, 2.45) is 0 Å². The summed E-state index contributed by atoms with van der Waals surface area (Å²) in [7, 11) is 1.53. The van der Waals surface area contributed by atoms with Crippen molar-refractivity contribution in [1.29, 1.82) is 0 Å². The van der Waals surface area contributed by atoms with E-state index >= 15 is 0 Å². The Morgan fingerprint density at radius 2 is 1.88 bits per heavy atom. The predicted molar refractivity (Wildman–Crippen MR) is 92.5 cm³/mol. The maximum absolute atomic E-state index is 12.9. The summed E-state index contributed by atoms with van der Waals surface area (Å²) >= 11 is 0. The van der Waals surface area contributed by atoms with Crippen molar-refractivity contribution < 1.29 is 19.2 Å². The molecule has 0 aromatic heterocycles. The normalized spacial score (nSPS) is 19.4. The van der Waals surface area contributed by atoms with Crippen LogP contribution < -0.4 is 10.1 Å². The SMILES string of the molecule is COc1cccc([C@]2(C)NC(=O)N(Cc3ccc([N+](=O)[O-])cc3)C2=O)c1. The molecule has 8 heteroatoms. The lowest BCUT2D eigenvalue weighted by atomic mass is 9.92. The molecule has 1 fully saturated rings. The van der Waals surface area contributed by atoms with E-state index in [0.717, 1.165) is 4.90 Å². The van der Waals surface area contributed by atoms with Gasteiger partial charge >= 0.3 is 6.03 Å². The first-order chi connectivity index (χ1) is 12.3. The van der Waals surface area contributed by atoms with E-state index in [9.17, 15) is 19.7 Å². The Morgan fingerprint density at radius 1 is 1.19 bits per heavy atom. The molecule has 0 saturated carbocycles. The van der Waals surface area contributed by atoms with Gasteiger partial charge < -0.3 is 10.1 Å². The fourth-order valence-electron chi connectivity index (χ4n) is 2.88. The Balaban J connectivity index is 1.85. The van der Waals surface area contributed by atoms with Crippen LogP contribution in [0.5, 0.6) is 5.75 Å². The molecule has 1 saturated heterocycles. The summed E-state index contributed by atoms with van der Waals surface area (Å²) in [5.41, 5.74) is -0.0191. The smallest absolute Gasteiger partial charge is 0.325 e.